The summed E-state index contributed by atoms with van der Waals surface area (Å²) < 4.78 is 1.10. The fourth-order valence-electron chi connectivity index (χ4n) is 2.43. The second-order valence-electron chi connectivity index (χ2n) is 4.75. The number of nitrogens with two attached hydrogens (primary N) is 1. The molecule has 2 aromatic heterocycles. The molecular formula is C16H12N4S. The summed E-state index contributed by atoms with van der Waals surface area (Å²) in [6, 6.07) is 12.1. The summed E-state index contributed by atoms with van der Waals surface area (Å²) >= 11 is 1.59. The van der Waals surface area contributed by atoms with Gasteiger partial charge in [0.15, 0.2) is 0 Å². The Morgan fingerprint density at radius 2 is 2.00 bits per heavy atom. The van der Waals surface area contributed by atoms with Gasteiger partial charge < -0.3 is 11.1 Å². The van der Waals surface area contributed by atoms with Crippen LogP contribution in [0.2, 0.25) is 0 Å². The Balaban J connectivity index is 1.84. The highest BCUT2D eigenvalue weighted by molar-refractivity contribution is 7.16. The molecule has 4 rings (SSSR count). The molecule has 0 amide bonds. The van der Waals surface area contributed by atoms with Crippen molar-refractivity contribution < 1.29 is 0 Å². The minimum absolute atomic E-state index is 0.676. The molecule has 21 heavy (non-hydrogen) atoms. The molecule has 0 radical (unpaired) electrons. The van der Waals surface area contributed by atoms with E-state index in [4.69, 9.17) is 5.73 Å². The molecule has 0 aliphatic rings. The lowest BCUT2D eigenvalue weighted by atomic mass is 10.1. The number of benzene rings is 2. The highest BCUT2D eigenvalue weighted by Crippen LogP contribution is 2.33. The Bertz CT molecular complexity index is 940. The lowest BCUT2D eigenvalue weighted by Gasteiger charge is -2.12. The fourth-order valence-corrected chi connectivity index (χ4v) is 3.12. The van der Waals surface area contributed by atoms with Crippen LogP contribution in [0, 0.1) is 0 Å². The van der Waals surface area contributed by atoms with Crippen molar-refractivity contribution in [3.63, 3.8) is 0 Å². The molecule has 0 aliphatic heterocycles. The number of nitrogens with zero attached hydrogens (tertiary/aromatic N) is 2. The molecular weight excluding hydrogens is 280 g/mol. The van der Waals surface area contributed by atoms with Gasteiger partial charge in [0.2, 0.25) is 0 Å². The normalized spacial score (nSPS) is 11.0. The van der Waals surface area contributed by atoms with E-state index in [0.717, 1.165) is 32.4 Å². The average molecular weight is 292 g/mol. The summed E-state index contributed by atoms with van der Waals surface area (Å²) in [7, 11) is 0. The lowest BCUT2D eigenvalue weighted by Crippen LogP contribution is -1.97. The summed E-state index contributed by atoms with van der Waals surface area (Å²) in [5.74, 6) is 0. The second-order valence-corrected chi connectivity index (χ2v) is 5.64. The summed E-state index contributed by atoms with van der Waals surface area (Å²) in [6.45, 7) is 0. The van der Waals surface area contributed by atoms with Gasteiger partial charge in [0.1, 0.15) is 5.52 Å². The van der Waals surface area contributed by atoms with Gasteiger partial charge in [-0.05, 0) is 29.7 Å². The standard InChI is InChI=1S/C16H12N4S/c17-15-13(4-5-14-16(15)19-9-21-14)20-12-3-1-2-10-6-7-18-8-11(10)12/h1-9,20H,17H2. The van der Waals surface area contributed by atoms with Crippen molar-refractivity contribution in [2.24, 2.45) is 0 Å². The molecule has 4 nitrogen and oxygen atoms in total. The highest BCUT2D eigenvalue weighted by Gasteiger charge is 2.08. The molecule has 0 atom stereocenters. The van der Waals surface area contributed by atoms with Crippen LogP contribution in [-0.2, 0) is 0 Å². The van der Waals surface area contributed by atoms with E-state index in [1.165, 1.54) is 0 Å². The number of pyridine rings is 1. The summed E-state index contributed by atoms with van der Waals surface area (Å²) in [5, 5.41) is 5.61. The molecule has 0 spiro atoms. The maximum atomic E-state index is 6.22. The summed E-state index contributed by atoms with van der Waals surface area (Å²) in [4.78, 5) is 8.52. The van der Waals surface area contributed by atoms with Gasteiger partial charge in [-0.25, -0.2) is 4.98 Å². The molecule has 4 aromatic rings. The van der Waals surface area contributed by atoms with Crippen LogP contribution in [0.3, 0.4) is 0 Å². The van der Waals surface area contributed by atoms with Crippen molar-refractivity contribution in [3.8, 4) is 0 Å². The molecule has 0 saturated carbocycles. The topological polar surface area (TPSA) is 63.8 Å². The number of thiazole rings is 1. The first-order valence-corrected chi connectivity index (χ1v) is 7.42. The highest BCUT2D eigenvalue weighted by atomic mass is 32.1. The Hall–Kier alpha value is -2.66. The van der Waals surface area contributed by atoms with Crippen LogP contribution in [0.1, 0.15) is 0 Å². The molecule has 2 heterocycles. The van der Waals surface area contributed by atoms with Crippen molar-refractivity contribution in [1.82, 2.24) is 9.97 Å². The minimum Gasteiger partial charge on any atom is -0.395 e. The number of nitrogens with one attached hydrogen (secondary N) is 1. The van der Waals surface area contributed by atoms with Gasteiger partial charge in [-0.1, -0.05) is 12.1 Å². The van der Waals surface area contributed by atoms with E-state index in [0.29, 0.717) is 5.69 Å². The zero-order chi connectivity index (χ0) is 14.2. The van der Waals surface area contributed by atoms with E-state index >= 15 is 0 Å². The third-order valence-corrected chi connectivity index (χ3v) is 4.29. The van der Waals surface area contributed by atoms with Crippen LogP contribution in [0.25, 0.3) is 21.0 Å². The first-order chi connectivity index (χ1) is 10.3. The zero-order valence-electron chi connectivity index (χ0n) is 11.1. The third kappa shape index (κ3) is 1.98. The lowest BCUT2D eigenvalue weighted by molar-refractivity contribution is 1.36. The largest absolute Gasteiger partial charge is 0.395 e. The molecule has 3 N–H and O–H groups in total. The van der Waals surface area contributed by atoms with Crippen molar-refractivity contribution >= 4 is 49.4 Å². The third-order valence-electron chi connectivity index (χ3n) is 3.49. The Labute approximate surface area is 125 Å². The van der Waals surface area contributed by atoms with E-state index in [2.05, 4.69) is 21.4 Å². The quantitative estimate of drug-likeness (QED) is 0.544. The van der Waals surface area contributed by atoms with Gasteiger partial charge >= 0.3 is 0 Å². The SMILES string of the molecule is Nc1c(Nc2cccc3ccncc23)ccc2scnc12. The van der Waals surface area contributed by atoms with E-state index in [1.54, 1.807) is 17.5 Å². The Morgan fingerprint density at radius 1 is 1.05 bits per heavy atom. The van der Waals surface area contributed by atoms with E-state index < -0.39 is 0 Å². The van der Waals surface area contributed by atoms with Gasteiger partial charge in [-0.2, -0.15) is 0 Å². The van der Waals surface area contributed by atoms with Crippen molar-refractivity contribution in [2.75, 3.05) is 11.1 Å². The maximum Gasteiger partial charge on any atom is 0.106 e. The second kappa shape index (κ2) is 4.71. The molecule has 5 heteroatoms. The average Bonchev–Trinajstić information content (AvgIpc) is 3.00. The van der Waals surface area contributed by atoms with Gasteiger partial charge in [0.25, 0.3) is 0 Å². The fraction of sp³-hybridized carbons (Fsp3) is 0. The summed E-state index contributed by atoms with van der Waals surface area (Å²) in [6.07, 6.45) is 3.65. The smallest absolute Gasteiger partial charge is 0.106 e. The minimum atomic E-state index is 0.676. The van der Waals surface area contributed by atoms with Crippen LogP contribution in [0.4, 0.5) is 17.1 Å². The molecule has 0 saturated heterocycles. The van der Waals surface area contributed by atoms with Gasteiger partial charge in [0, 0.05) is 23.5 Å². The van der Waals surface area contributed by atoms with Crippen LogP contribution in [-0.4, -0.2) is 9.97 Å². The summed E-state index contributed by atoms with van der Waals surface area (Å²) in [5.41, 5.74) is 11.4. The van der Waals surface area contributed by atoms with Gasteiger partial charge in [-0.15, -0.1) is 11.3 Å². The number of anilines is 3. The van der Waals surface area contributed by atoms with Crippen molar-refractivity contribution in [2.45, 2.75) is 0 Å². The number of fused-ring (bicyclic) bond motifs is 2. The maximum absolute atomic E-state index is 6.22. The first kappa shape index (κ1) is 12.1. The van der Waals surface area contributed by atoms with Crippen LogP contribution in [0.15, 0.2) is 54.3 Å². The Morgan fingerprint density at radius 3 is 2.95 bits per heavy atom. The van der Waals surface area contributed by atoms with E-state index in [1.807, 2.05) is 42.0 Å². The van der Waals surface area contributed by atoms with Crippen LogP contribution in [0.5, 0.6) is 0 Å². The number of aromatic nitrogens is 2. The van der Waals surface area contributed by atoms with Crippen LogP contribution >= 0.6 is 11.3 Å². The van der Waals surface area contributed by atoms with Crippen molar-refractivity contribution in [3.05, 3.63) is 54.3 Å². The molecule has 0 unspecified atom stereocenters. The first-order valence-electron chi connectivity index (χ1n) is 6.54. The van der Waals surface area contributed by atoms with Crippen LogP contribution < -0.4 is 11.1 Å². The predicted molar refractivity (Wildman–Crippen MR) is 89.1 cm³/mol. The Kier molecular flexibility index (Phi) is 2.72. The van der Waals surface area contributed by atoms with E-state index in [9.17, 15) is 0 Å². The van der Waals surface area contributed by atoms with Gasteiger partial charge in [-0.3, -0.25) is 4.98 Å². The predicted octanol–water partition coefficient (Wildman–Crippen LogP) is 4.17. The number of hydrogen-bond acceptors (Lipinski definition) is 5. The number of rotatable bonds is 2. The number of hydrogen-bond donors (Lipinski definition) is 2. The zero-order valence-corrected chi connectivity index (χ0v) is 11.9. The van der Waals surface area contributed by atoms with Crippen molar-refractivity contribution in [1.29, 1.82) is 0 Å². The molecule has 102 valence electrons. The van der Waals surface area contributed by atoms with E-state index in [-0.39, 0.29) is 0 Å². The molecule has 2 aromatic carbocycles. The molecule has 0 bridgehead atoms. The monoisotopic (exact) mass is 292 g/mol. The number of nitrogen functional groups attached to an aromatic ring is 1. The molecule has 0 aliphatic carbocycles. The van der Waals surface area contributed by atoms with Gasteiger partial charge in [0.05, 0.1) is 21.6 Å². The molecule has 0 fully saturated rings.